The van der Waals surface area contributed by atoms with E-state index in [4.69, 9.17) is 5.11 Å². The smallest absolute Gasteiger partial charge is 0.152 e. The first kappa shape index (κ1) is 6.37. The Morgan fingerprint density at radius 3 is 2.43 bits per heavy atom. The average molecular weight is 100 g/mol. The van der Waals surface area contributed by atoms with E-state index in [1.165, 1.54) is 0 Å². The lowest BCUT2D eigenvalue weighted by Gasteiger charge is -1.95. The number of hydrogen-bond acceptors (Lipinski definition) is 2. The van der Waals surface area contributed by atoms with Crippen LogP contribution in [0.4, 0.5) is 0 Å². The van der Waals surface area contributed by atoms with Gasteiger partial charge in [0.05, 0.1) is 0 Å². The second-order valence-electron chi connectivity index (χ2n) is 1.43. The zero-order valence-corrected chi connectivity index (χ0v) is 4.22. The van der Waals surface area contributed by atoms with Crippen LogP contribution in [0, 0.1) is 0 Å². The van der Waals surface area contributed by atoms with Gasteiger partial charge in [-0.1, -0.05) is 6.58 Å². The highest BCUT2D eigenvalue weighted by atomic mass is 16.3. The number of carbonyl (C=O) groups is 1. The quantitative estimate of drug-likeness (QED) is 0.395. The third-order valence-electron chi connectivity index (χ3n) is 0.634. The Labute approximate surface area is 42.5 Å². The molecule has 0 fully saturated rings. The molecule has 1 unspecified atom stereocenters. The summed E-state index contributed by atoms with van der Waals surface area (Å²) in [6, 6.07) is 0. The van der Waals surface area contributed by atoms with E-state index < -0.39 is 6.10 Å². The molecule has 0 saturated carbocycles. The molecule has 0 aromatic rings. The number of rotatable bonds is 2. The summed E-state index contributed by atoms with van der Waals surface area (Å²) in [6.07, 6.45) is -0.525. The van der Waals surface area contributed by atoms with Crippen LogP contribution in [0.1, 0.15) is 6.92 Å². The number of aliphatic hydroxyl groups excluding tert-OH is 1. The van der Waals surface area contributed by atoms with Gasteiger partial charge in [-0.15, -0.1) is 0 Å². The van der Waals surface area contributed by atoms with E-state index in [2.05, 4.69) is 6.58 Å². The van der Waals surface area contributed by atoms with Crippen LogP contribution in [0.3, 0.4) is 0 Å². The molecule has 1 N–H and O–H groups in total. The summed E-state index contributed by atoms with van der Waals surface area (Å²) in [5.74, 6) is 0. The van der Waals surface area contributed by atoms with Crippen molar-refractivity contribution in [3.63, 3.8) is 0 Å². The predicted octanol–water partition coefficient (Wildman–Crippen LogP) is 0.122. The van der Waals surface area contributed by atoms with Crippen LogP contribution in [0.15, 0.2) is 12.2 Å². The van der Waals surface area contributed by atoms with Crippen molar-refractivity contribution in [2.24, 2.45) is 0 Å². The number of aliphatic hydroxyl groups is 1. The molecule has 1 atom stereocenters. The van der Waals surface area contributed by atoms with Gasteiger partial charge in [-0.05, 0) is 12.5 Å². The Kier molecular flexibility index (Phi) is 2.30. The van der Waals surface area contributed by atoms with Crippen molar-refractivity contribution in [3.8, 4) is 0 Å². The van der Waals surface area contributed by atoms with Crippen LogP contribution in [0.25, 0.3) is 0 Å². The van der Waals surface area contributed by atoms with Gasteiger partial charge < -0.3 is 9.90 Å². The lowest BCUT2D eigenvalue weighted by Crippen LogP contribution is -2.07. The molecule has 7 heavy (non-hydrogen) atoms. The first-order valence-corrected chi connectivity index (χ1v) is 1.97. The van der Waals surface area contributed by atoms with Crippen LogP contribution in [0.2, 0.25) is 0 Å². The van der Waals surface area contributed by atoms with Crippen LogP contribution in [0.5, 0.6) is 0 Å². The van der Waals surface area contributed by atoms with E-state index in [0.29, 0.717) is 11.9 Å². The van der Waals surface area contributed by atoms with Crippen LogP contribution in [-0.2, 0) is 4.79 Å². The first-order chi connectivity index (χ1) is 3.18. The van der Waals surface area contributed by atoms with Gasteiger partial charge in [0.2, 0.25) is 0 Å². The van der Waals surface area contributed by atoms with Crippen molar-refractivity contribution in [2.45, 2.75) is 13.0 Å². The highest BCUT2D eigenvalue weighted by Crippen LogP contribution is 1.90. The molecule has 0 spiro atoms. The molecule has 0 aromatic carbocycles. The number of carbonyl (C=O) groups excluding carboxylic acids is 1. The first-order valence-electron chi connectivity index (χ1n) is 1.97. The summed E-state index contributed by atoms with van der Waals surface area (Å²) >= 11 is 0. The third kappa shape index (κ3) is 2.11. The molecule has 40 valence electrons. The van der Waals surface area contributed by atoms with Crippen molar-refractivity contribution in [2.75, 3.05) is 0 Å². The summed E-state index contributed by atoms with van der Waals surface area (Å²) in [4.78, 5) is 9.64. The highest BCUT2D eigenvalue weighted by Gasteiger charge is 1.97. The maximum Gasteiger partial charge on any atom is 0.152 e. The molecular formula is C5H8O2. The van der Waals surface area contributed by atoms with Crippen molar-refractivity contribution in [1.29, 1.82) is 0 Å². The fourth-order valence-electron chi connectivity index (χ4n) is 0.116. The van der Waals surface area contributed by atoms with Crippen LogP contribution >= 0.6 is 0 Å². The monoisotopic (exact) mass is 100 g/mol. The molecule has 0 aliphatic heterocycles. The normalized spacial score (nSPS) is 12.9. The van der Waals surface area contributed by atoms with Crippen molar-refractivity contribution < 1.29 is 9.90 Å². The molecule has 0 radical (unpaired) electrons. The molecule has 2 heteroatoms. The van der Waals surface area contributed by atoms with Crippen LogP contribution in [-0.4, -0.2) is 17.5 Å². The molecular weight excluding hydrogens is 92.1 g/mol. The Balaban J connectivity index is 3.55. The molecule has 0 saturated heterocycles. The minimum Gasteiger partial charge on any atom is -0.381 e. The van der Waals surface area contributed by atoms with Gasteiger partial charge in [-0.2, -0.15) is 0 Å². The number of aldehydes is 1. The third-order valence-corrected chi connectivity index (χ3v) is 0.634. The topological polar surface area (TPSA) is 37.3 Å². The fourth-order valence-corrected chi connectivity index (χ4v) is 0.116. The summed E-state index contributed by atoms with van der Waals surface area (Å²) in [6.45, 7) is 4.94. The van der Waals surface area contributed by atoms with E-state index in [1.807, 2.05) is 0 Å². The second-order valence-corrected chi connectivity index (χ2v) is 1.43. The van der Waals surface area contributed by atoms with Crippen LogP contribution < -0.4 is 0 Å². The molecule has 2 nitrogen and oxygen atoms in total. The molecule has 0 aliphatic carbocycles. The highest BCUT2D eigenvalue weighted by molar-refractivity contribution is 5.60. The van der Waals surface area contributed by atoms with E-state index in [0.717, 1.165) is 0 Å². The zero-order valence-electron chi connectivity index (χ0n) is 4.22. The standard InChI is InChI=1S/C5H8O2/c1-4(2)5(7)3-6/h3,5,7H,1H2,2H3. The second kappa shape index (κ2) is 2.53. The largest absolute Gasteiger partial charge is 0.381 e. The molecule has 0 amide bonds. The van der Waals surface area contributed by atoms with Gasteiger partial charge in [0.15, 0.2) is 6.29 Å². The molecule has 0 aromatic heterocycles. The van der Waals surface area contributed by atoms with Crippen molar-refractivity contribution in [1.82, 2.24) is 0 Å². The van der Waals surface area contributed by atoms with Gasteiger partial charge in [0, 0.05) is 0 Å². The van der Waals surface area contributed by atoms with E-state index in [1.54, 1.807) is 6.92 Å². The van der Waals surface area contributed by atoms with Crippen molar-refractivity contribution >= 4 is 6.29 Å². The summed E-state index contributed by atoms with van der Waals surface area (Å²) in [5.41, 5.74) is 0.481. The van der Waals surface area contributed by atoms with E-state index in [-0.39, 0.29) is 0 Å². The van der Waals surface area contributed by atoms with E-state index >= 15 is 0 Å². The van der Waals surface area contributed by atoms with E-state index in [9.17, 15) is 4.79 Å². The molecule has 0 rings (SSSR count). The molecule has 0 heterocycles. The number of hydrogen-bond donors (Lipinski definition) is 1. The lowest BCUT2D eigenvalue weighted by atomic mass is 10.2. The Bertz CT molecular complexity index is 86.1. The maximum absolute atomic E-state index is 9.64. The molecule has 0 bridgehead atoms. The Hall–Kier alpha value is -0.630. The van der Waals surface area contributed by atoms with Gasteiger partial charge >= 0.3 is 0 Å². The summed E-state index contributed by atoms with van der Waals surface area (Å²) in [7, 11) is 0. The van der Waals surface area contributed by atoms with Gasteiger partial charge in [-0.25, -0.2) is 0 Å². The minimum atomic E-state index is -0.972. The van der Waals surface area contributed by atoms with Gasteiger partial charge in [0.25, 0.3) is 0 Å². The van der Waals surface area contributed by atoms with Gasteiger partial charge in [0.1, 0.15) is 6.10 Å². The van der Waals surface area contributed by atoms with Crippen molar-refractivity contribution in [3.05, 3.63) is 12.2 Å². The Morgan fingerprint density at radius 1 is 2.00 bits per heavy atom. The Morgan fingerprint density at radius 2 is 2.43 bits per heavy atom. The summed E-state index contributed by atoms with van der Waals surface area (Å²) < 4.78 is 0. The SMILES string of the molecule is C=C(C)C(O)C=O. The summed E-state index contributed by atoms with van der Waals surface area (Å²) in [5, 5.41) is 8.47. The minimum absolute atomic E-state index is 0.447. The molecule has 0 aliphatic rings. The lowest BCUT2D eigenvalue weighted by molar-refractivity contribution is -0.113. The van der Waals surface area contributed by atoms with Gasteiger partial charge in [-0.3, -0.25) is 0 Å². The maximum atomic E-state index is 9.64. The zero-order chi connectivity index (χ0) is 5.86. The fraction of sp³-hybridized carbons (Fsp3) is 0.400. The average Bonchev–Trinajstić information content (AvgIpc) is 1.65. The predicted molar refractivity (Wildman–Crippen MR) is 26.9 cm³/mol.